The third-order valence-corrected chi connectivity index (χ3v) is 6.55. The molecule has 5 aliphatic heterocycles. The molecular formula is C22H36O8. The zero-order chi connectivity index (χ0) is 20.7. The van der Waals surface area contributed by atoms with Crippen molar-refractivity contribution in [3.63, 3.8) is 0 Å². The first-order chi connectivity index (χ1) is 14.6. The quantitative estimate of drug-likeness (QED) is 0.347. The van der Waals surface area contributed by atoms with Crippen molar-refractivity contribution >= 4 is 0 Å². The number of epoxide rings is 2. The number of fused-ring (bicyclic) bond motifs is 2. The topological polar surface area (TPSA) is 80.4 Å². The van der Waals surface area contributed by atoms with Crippen molar-refractivity contribution in [3.05, 3.63) is 0 Å². The summed E-state index contributed by atoms with van der Waals surface area (Å²) in [6.07, 6.45) is 6.55. The molecule has 9 atom stereocenters. The Morgan fingerprint density at radius 1 is 0.767 bits per heavy atom. The molecule has 172 valence electrons. The molecule has 0 aromatic heterocycles. The molecule has 0 aromatic rings. The van der Waals surface area contributed by atoms with Crippen molar-refractivity contribution in [1.29, 1.82) is 0 Å². The molecule has 5 saturated heterocycles. The first-order valence-corrected chi connectivity index (χ1v) is 11.7. The van der Waals surface area contributed by atoms with Gasteiger partial charge in [-0.05, 0) is 20.3 Å². The van der Waals surface area contributed by atoms with Crippen LogP contribution >= 0.6 is 0 Å². The minimum atomic E-state index is -0.572. The molecule has 5 fully saturated rings. The molecule has 0 spiro atoms. The average Bonchev–Trinajstić information content (AvgIpc) is 3.59. The molecule has 0 radical (unpaired) electrons. The smallest absolute Gasteiger partial charge is 0.187 e. The van der Waals surface area contributed by atoms with E-state index < -0.39 is 12.1 Å². The van der Waals surface area contributed by atoms with Gasteiger partial charge in [0.05, 0.1) is 13.2 Å². The van der Waals surface area contributed by atoms with Gasteiger partial charge in [0.15, 0.2) is 18.4 Å². The summed E-state index contributed by atoms with van der Waals surface area (Å²) in [4.78, 5) is 0. The number of hydrogen-bond donors (Lipinski definition) is 0. The highest BCUT2D eigenvalue weighted by Crippen LogP contribution is 2.45. The first kappa shape index (κ1) is 21.5. The van der Waals surface area contributed by atoms with Gasteiger partial charge in [0, 0.05) is 6.61 Å². The van der Waals surface area contributed by atoms with Crippen molar-refractivity contribution in [3.8, 4) is 0 Å². The molecule has 0 amide bonds. The normalized spacial score (nSPS) is 45.5. The van der Waals surface area contributed by atoms with E-state index in [9.17, 15) is 0 Å². The molecule has 8 nitrogen and oxygen atoms in total. The molecule has 5 heterocycles. The highest BCUT2D eigenvalue weighted by atomic mass is 16.8. The summed E-state index contributed by atoms with van der Waals surface area (Å²) in [5.74, 6) is -0.572. The van der Waals surface area contributed by atoms with E-state index in [1.807, 2.05) is 13.8 Å². The fraction of sp³-hybridized carbons (Fsp3) is 1.00. The van der Waals surface area contributed by atoms with Gasteiger partial charge in [0.1, 0.15) is 42.7 Å². The lowest BCUT2D eigenvalue weighted by Crippen LogP contribution is -2.37. The van der Waals surface area contributed by atoms with Crippen molar-refractivity contribution in [2.24, 2.45) is 0 Å². The maximum atomic E-state index is 6.08. The summed E-state index contributed by atoms with van der Waals surface area (Å²) < 4.78 is 47.1. The van der Waals surface area contributed by atoms with Crippen LogP contribution in [0.1, 0.15) is 59.3 Å². The second-order valence-electron chi connectivity index (χ2n) is 9.48. The number of unbranched alkanes of at least 4 members (excludes halogenated alkanes) is 5. The van der Waals surface area contributed by atoms with Gasteiger partial charge in [-0.25, -0.2) is 0 Å². The monoisotopic (exact) mass is 428 g/mol. The van der Waals surface area contributed by atoms with E-state index in [2.05, 4.69) is 6.92 Å². The Hall–Kier alpha value is -0.320. The van der Waals surface area contributed by atoms with E-state index in [4.69, 9.17) is 37.9 Å². The highest BCUT2D eigenvalue weighted by molar-refractivity contribution is 5.05. The number of rotatable bonds is 12. The lowest BCUT2D eigenvalue weighted by atomic mass is 10.1. The summed E-state index contributed by atoms with van der Waals surface area (Å²) >= 11 is 0. The van der Waals surface area contributed by atoms with Crippen molar-refractivity contribution in [2.75, 3.05) is 19.8 Å². The summed E-state index contributed by atoms with van der Waals surface area (Å²) in [6.45, 7) is 7.71. The van der Waals surface area contributed by atoms with Gasteiger partial charge in [-0.2, -0.15) is 0 Å². The van der Waals surface area contributed by atoms with Crippen LogP contribution < -0.4 is 0 Å². The molecule has 8 heteroatoms. The van der Waals surface area contributed by atoms with E-state index in [0.29, 0.717) is 13.2 Å². The lowest BCUT2D eigenvalue weighted by Gasteiger charge is -2.24. The molecule has 0 saturated carbocycles. The second kappa shape index (κ2) is 8.90. The lowest BCUT2D eigenvalue weighted by molar-refractivity contribution is -0.230. The fourth-order valence-electron chi connectivity index (χ4n) is 4.76. The zero-order valence-corrected chi connectivity index (χ0v) is 18.3. The molecular weight excluding hydrogens is 392 g/mol. The Morgan fingerprint density at radius 3 is 2.30 bits per heavy atom. The first-order valence-electron chi connectivity index (χ1n) is 11.7. The Morgan fingerprint density at radius 2 is 1.50 bits per heavy atom. The van der Waals surface area contributed by atoms with E-state index in [1.54, 1.807) is 0 Å². The Balaban J connectivity index is 0.992. The molecule has 0 N–H and O–H groups in total. The van der Waals surface area contributed by atoms with Gasteiger partial charge >= 0.3 is 0 Å². The summed E-state index contributed by atoms with van der Waals surface area (Å²) in [5.41, 5.74) is 0. The average molecular weight is 429 g/mol. The summed E-state index contributed by atoms with van der Waals surface area (Å²) in [6, 6.07) is 0. The Bertz CT molecular complexity index is 585. The van der Waals surface area contributed by atoms with Crippen LogP contribution in [-0.4, -0.2) is 80.9 Å². The van der Waals surface area contributed by atoms with E-state index in [-0.39, 0.29) is 49.0 Å². The Kier molecular flexibility index (Phi) is 6.39. The summed E-state index contributed by atoms with van der Waals surface area (Å²) in [7, 11) is 0. The molecule has 0 aromatic carbocycles. The van der Waals surface area contributed by atoms with Crippen LogP contribution in [0.15, 0.2) is 0 Å². The number of ether oxygens (including phenoxy) is 8. The minimum Gasteiger partial charge on any atom is -0.361 e. The predicted molar refractivity (Wildman–Crippen MR) is 105 cm³/mol. The Labute approximate surface area is 178 Å². The van der Waals surface area contributed by atoms with Gasteiger partial charge in [0.25, 0.3) is 0 Å². The van der Waals surface area contributed by atoms with E-state index >= 15 is 0 Å². The largest absolute Gasteiger partial charge is 0.361 e. The van der Waals surface area contributed by atoms with Crippen molar-refractivity contribution in [1.82, 2.24) is 0 Å². The molecule has 0 aliphatic carbocycles. The van der Waals surface area contributed by atoms with Gasteiger partial charge in [-0.15, -0.1) is 0 Å². The van der Waals surface area contributed by atoms with Crippen LogP contribution in [0.25, 0.3) is 0 Å². The van der Waals surface area contributed by atoms with Crippen molar-refractivity contribution in [2.45, 2.75) is 120 Å². The third kappa shape index (κ3) is 4.71. The van der Waals surface area contributed by atoms with Crippen LogP contribution in [0.2, 0.25) is 0 Å². The van der Waals surface area contributed by atoms with E-state index in [1.165, 1.54) is 32.1 Å². The van der Waals surface area contributed by atoms with Crippen molar-refractivity contribution < 1.29 is 37.9 Å². The molecule has 5 rings (SSSR count). The van der Waals surface area contributed by atoms with Gasteiger partial charge in [-0.1, -0.05) is 39.0 Å². The van der Waals surface area contributed by atoms with Crippen LogP contribution in [0.4, 0.5) is 0 Å². The molecule has 0 bridgehead atoms. The third-order valence-electron chi connectivity index (χ3n) is 6.55. The SMILES string of the molecule is CCCCCCCCO[C@H]1O[C@H](CO[C@@H]2O[C@@H]([C@H]3COC(C)(C)O3)[C@H]3O[C@@H]23)[C@@H]2O[C@H]12. The van der Waals surface area contributed by atoms with Gasteiger partial charge in [0.2, 0.25) is 0 Å². The molecule has 0 unspecified atom stereocenters. The van der Waals surface area contributed by atoms with Crippen LogP contribution in [0.3, 0.4) is 0 Å². The fourth-order valence-corrected chi connectivity index (χ4v) is 4.76. The highest BCUT2D eigenvalue weighted by Gasteiger charge is 2.64. The summed E-state index contributed by atoms with van der Waals surface area (Å²) in [5, 5.41) is 0. The van der Waals surface area contributed by atoms with Crippen LogP contribution in [0, 0.1) is 0 Å². The minimum absolute atomic E-state index is 0.0281. The van der Waals surface area contributed by atoms with Crippen LogP contribution in [-0.2, 0) is 37.9 Å². The number of hydrogen-bond acceptors (Lipinski definition) is 8. The molecule has 30 heavy (non-hydrogen) atoms. The predicted octanol–water partition coefficient (Wildman–Crippen LogP) is 2.52. The maximum Gasteiger partial charge on any atom is 0.187 e. The maximum absolute atomic E-state index is 6.08. The van der Waals surface area contributed by atoms with Crippen LogP contribution in [0.5, 0.6) is 0 Å². The van der Waals surface area contributed by atoms with Gasteiger partial charge in [-0.3, -0.25) is 0 Å². The zero-order valence-electron chi connectivity index (χ0n) is 18.3. The van der Waals surface area contributed by atoms with Gasteiger partial charge < -0.3 is 37.9 Å². The van der Waals surface area contributed by atoms with E-state index in [0.717, 1.165) is 13.0 Å². The second-order valence-corrected chi connectivity index (χ2v) is 9.48. The molecule has 5 aliphatic rings. The standard InChI is InChI=1S/C22H36O8/c1-4-5-6-7-8-9-10-23-20-18-15(27-18)13(26-20)11-24-21-19-17(28-19)16(29-21)14-12-25-22(2,3)30-14/h13-21H,4-12H2,1-3H3/t13-,14-,15+,16+,17-,18+,19-,20+,21-/m1/s1.